The molecule has 0 radical (unpaired) electrons. The molecule has 2 heteroatoms. The van der Waals surface area contributed by atoms with E-state index >= 15 is 0 Å². The summed E-state index contributed by atoms with van der Waals surface area (Å²) in [6, 6.07) is 0. The Morgan fingerprint density at radius 2 is 2.07 bits per heavy atom. The van der Waals surface area contributed by atoms with Crippen LogP contribution in [0.5, 0.6) is 0 Å². The molecule has 2 aliphatic rings. The highest BCUT2D eigenvalue weighted by Gasteiger charge is 2.25. The van der Waals surface area contributed by atoms with Crippen LogP contribution < -0.4 is 0 Å². The molecular formula is C13H25NS. The zero-order chi connectivity index (χ0) is 10.5. The van der Waals surface area contributed by atoms with Crippen molar-refractivity contribution < 1.29 is 0 Å². The highest BCUT2D eigenvalue weighted by Crippen LogP contribution is 2.32. The summed E-state index contributed by atoms with van der Waals surface area (Å²) in [5, 5.41) is 0. The maximum Gasteiger partial charge on any atom is 0.0445 e. The van der Waals surface area contributed by atoms with Gasteiger partial charge in [-0.15, -0.1) is 11.8 Å². The van der Waals surface area contributed by atoms with E-state index < -0.39 is 0 Å². The first-order chi connectivity index (χ1) is 7.40. The molecule has 1 atom stereocenters. The summed E-state index contributed by atoms with van der Waals surface area (Å²) in [7, 11) is 0. The predicted octanol–water partition coefficient (Wildman–Crippen LogP) is 3.60. The fraction of sp³-hybridized carbons (Fsp3) is 1.00. The Hall–Kier alpha value is 0.310. The molecule has 0 aromatic heterocycles. The van der Waals surface area contributed by atoms with Crippen LogP contribution in [0.4, 0.5) is 0 Å². The van der Waals surface area contributed by atoms with Gasteiger partial charge in [0.15, 0.2) is 0 Å². The Bertz CT molecular complexity index is 171. The quantitative estimate of drug-likeness (QED) is 0.722. The third kappa shape index (κ3) is 3.39. The molecule has 0 aromatic rings. The minimum atomic E-state index is 0.990. The van der Waals surface area contributed by atoms with Crippen LogP contribution in [0.2, 0.25) is 0 Å². The summed E-state index contributed by atoms with van der Waals surface area (Å²) in [6.07, 6.45) is 8.91. The third-order valence-electron chi connectivity index (χ3n) is 4.16. The lowest BCUT2D eigenvalue weighted by Crippen LogP contribution is -2.31. The average molecular weight is 227 g/mol. The van der Waals surface area contributed by atoms with Gasteiger partial charge >= 0.3 is 0 Å². The molecule has 2 rings (SSSR count). The van der Waals surface area contributed by atoms with E-state index in [1.807, 2.05) is 0 Å². The molecule has 1 unspecified atom stereocenters. The van der Waals surface area contributed by atoms with Crippen molar-refractivity contribution in [3.8, 4) is 0 Å². The highest BCUT2D eigenvalue weighted by molar-refractivity contribution is 7.99. The van der Waals surface area contributed by atoms with Crippen molar-refractivity contribution in [2.24, 2.45) is 11.8 Å². The number of thioether (sulfide) groups is 1. The zero-order valence-electron chi connectivity index (χ0n) is 10.1. The topological polar surface area (TPSA) is 3.24 Å². The summed E-state index contributed by atoms with van der Waals surface area (Å²) in [6.45, 7) is 5.12. The fourth-order valence-electron chi connectivity index (χ4n) is 3.14. The lowest BCUT2D eigenvalue weighted by molar-refractivity contribution is 0.182. The maximum absolute atomic E-state index is 2.67. The van der Waals surface area contributed by atoms with Crippen molar-refractivity contribution in [3.05, 3.63) is 0 Å². The van der Waals surface area contributed by atoms with E-state index in [4.69, 9.17) is 0 Å². The number of hydrogen-bond donors (Lipinski definition) is 0. The molecule has 15 heavy (non-hydrogen) atoms. The van der Waals surface area contributed by atoms with E-state index in [-0.39, 0.29) is 0 Å². The summed E-state index contributed by atoms with van der Waals surface area (Å²) in [5.41, 5.74) is 0. The average Bonchev–Trinajstić information content (AvgIpc) is 2.80. The van der Waals surface area contributed by atoms with E-state index in [2.05, 4.69) is 23.6 Å². The van der Waals surface area contributed by atoms with Crippen LogP contribution in [0, 0.1) is 11.8 Å². The Morgan fingerprint density at radius 1 is 1.27 bits per heavy atom. The van der Waals surface area contributed by atoms with Crippen molar-refractivity contribution in [1.29, 1.82) is 0 Å². The fourth-order valence-corrected chi connectivity index (χ4v) is 4.15. The van der Waals surface area contributed by atoms with Gasteiger partial charge in [-0.2, -0.15) is 0 Å². The molecule has 88 valence electrons. The van der Waals surface area contributed by atoms with Crippen LogP contribution in [-0.4, -0.2) is 29.6 Å². The normalized spacial score (nSPS) is 27.0. The predicted molar refractivity (Wildman–Crippen MR) is 69.3 cm³/mol. The van der Waals surface area contributed by atoms with Gasteiger partial charge in [-0.25, -0.2) is 0 Å². The third-order valence-corrected chi connectivity index (χ3v) is 5.18. The van der Waals surface area contributed by atoms with Crippen LogP contribution in [0.1, 0.15) is 45.4 Å². The summed E-state index contributed by atoms with van der Waals surface area (Å²) >= 11 is 2.11. The molecule has 2 fully saturated rings. The minimum Gasteiger partial charge on any atom is -0.293 e. The molecule has 1 heterocycles. The Balaban J connectivity index is 1.79. The van der Waals surface area contributed by atoms with Gasteiger partial charge < -0.3 is 0 Å². The van der Waals surface area contributed by atoms with Crippen LogP contribution in [-0.2, 0) is 0 Å². The first kappa shape index (κ1) is 11.8. The first-order valence-corrected chi connectivity index (χ1v) is 7.85. The number of hydrogen-bond acceptors (Lipinski definition) is 2. The molecule has 0 aromatic carbocycles. The minimum absolute atomic E-state index is 0.990. The molecule has 0 spiro atoms. The van der Waals surface area contributed by atoms with Crippen LogP contribution in [0.15, 0.2) is 0 Å². The van der Waals surface area contributed by atoms with Crippen molar-refractivity contribution in [2.75, 3.05) is 24.7 Å². The first-order valence-electron chi connectivity index (χ1n) is 6.70. The van der Waals surface area contributed by atoms with E-state index in [1.165, 1.54) is 63.2 Å². The van der Waals surface area contributed by atoms with Crippen molar-refractivity contribution in [3.63, 3.8) is 0 Å². The van der Waals surface area contributed by atoms with E-state index in [0.29, 0.717) is 0 Å². The van der Waals surface area contributed by atoms with Crippen LogP contribution in [0.3, 0.4) is 0 Å². The highest BCUT2D eigenvalue weighted by atomic mass is 32.2. The summed E-state index contributed by atoms with van der Waals surface area (Å²) in [5.74, 6) is 4.70. The molecule has 0 bridgehead atoms. The van der Waals surface area contributed by atoms with E-state index in [9.17, 15) is 0 Å². The van der Waals surface area contributed by atoms with Crippen molar-refractivity contribution in [2.45, 2.75) is 45.4 Å². The Kier molecular flexibility index (Phi) is 4.83. The van der Waals surface area contributed by atoms with Gasteiger partial charge in [0.25, 0.3) is 0 Å². The largest absolute Gasteiger partial charge is 0.293 e. The second-order valence-electron chi connectivity index (χ2n) is 5.18. The second kappa shape index (κ2) is 6.15. The smallest absolute Gasteiger partial charge is 0.0445 e. The number of rotatable bonds is 4. The molecule has 1 aliphatic heterocycles. The molecule has 0 N–H and O–H groups in total. The van der Waals surface area contributed by atoms with E-state index in [0.717, 1.165) is 11.8 Å². The Labute approximate surface area is 99.0 Å². The molecular weight excluding hydrogens is 202 g/mol. The van der Waals surface area contributed by atoms with Gasteiger partial charge in [0.2, 0.25) is 0 Å². The van der Waals surface area contributed by atoms with Crippen molar-refractivity contribution in [1.82, 2.24) is 4.90 Å². The summed E-state index contributed by atoms with van der Waals surface area (Å²) < 4.78 is 0. The lowest BCUT2D eigenvalue weighted by atomic mass is 9.78. The van der Waals surface area contributed by atoms with Gasteiger partial charge in [0.1, 0.15) is 0 Å². The molecule has 1 saturated carbocycles. The van der Waals surface area contributed by atoms with Gasteiger partial charge in [0.05, 0.1) is 0 Å². The van der Waals surface area contributed by atoms with Gasteiger partial charge in [-0.3, -0.25) is 4.90 Å². The monoisotopic (exact) mass is 227 g/mol. The standard InChI is InChI=1S/C13H25NS/c1-2-12(10-14-8-9-15-11-14)13-6-4-3-5-7-13/h12-13H,2-11H2,1H3. The number of nitrogens with zero attached hydrogens (tertiary/aromatic N) is 1. The van der Waals surface area contributed by atoms with Crippen LogP contribution in [0.25, 0.3) is 0 Å². The van der Waals surface area contributed by atoms with E-state index in [1.54, 1.807) is 0 Å². The zero-order valence-corrected chi connectivity index (χ0v) is 10.9. The maximum atomic E-state index is 2.67. The molecule has 1 aliphatic carbocycles. The Morgan fingerprint density at radius 3 is 2.67 bits per heavy atom. The lowest BCUT2D eigenvalue weighted by Gasteiger charge is -2.32. The van der Waals surface area contributed by atoms with Gasteiger partial charge in [0, 0.05) is 24.7 Å². The van der Waals surface area contributed by atoms with Crippen molar-refractivity contribution >= 4 is 11.8 Å². The molecule has 1 nitrogen and oxygen atoms in total. The van der Waals surface area contributed by atoms with Gasteiger partial charge in [-0.05, 0) is 11.8 Å². The van der Waals surface area contributed by atoms with Crippen LogP contribution >= 0.6 is 11.8 Å². The SMILES string of the molecule is CCC(CN1CCSC1)C1CCCCC1. The molecule has 0 amide bonds. The molecule has 1 saturated heterocycles. The van der Waals surface area contributed by atoms with Gasteiger partial charge in [-0.1, -0.05) is 45.4 Å². The summed E-state index contributed by atoms with van der Waals surface area (Å²) in [4.78, 5) is 2.67. The second-order valence-corrected chi connectivity index (χ2v) is 6.26.